The number of alkyl halides is 1. The van der Waals surface area contributed by atoms with E-state index >= 15 is 0 Å². The molecule has 0 aliphatic heterocycles. The van der Waals surface area contributed by atoms with Crippen LogP contribution in [0.5, 0.6) is 0 Å². The van der Waals surface area contributed by atoms with Gasteiger partial charge in [0, 0.05) is 35.1 Å². The molecule has 152 valence electrons. The summed E-state index contributed by atoms with van der Waals surface area (Å²) >= 11 is 5.97. The highest BCUT2D eigenvalue weighted by atomic mass is 35.5. The summed E-state index contributed by atoms with van der Waals surface area (Å²) in [4.78, 5) is 13.1. The zero-order valence-electron chi connectivity index (χ0n) is 16.3. The molecule has 0 saturated carbocycles. The highest BCUT2D eigenvalue weighted by Crippen LogP contribution is 2.34. The van der Waals surface area contributed by atoms with E-state index in [1.807, 2.05) is 48.5 Å². The van der Waals surface area contributed by atoms with E-state index in [0.29, 0.717) is 17.4 Å². The van der Waals surface area contributed by atoms with Gasteiger partial charge in [-0.05, 0) is 54.1 Å². The Kier molecular flexibility index (Phi) is 4.84. The summed E-state index contributed by atoms with van der Waals surface area (Å²) in [6.07, 6.45) is 4.60. The summed E-state index contributed by atoms with van der Waals surface area (Å²) in [6.45, 7) is 0. The average molecular weight is 430 g/mol. The molecule has 5 aromatic rings. The fourth-order valence-electron chi connectivity index (χ4n) is 3.61. The van der Waals surface area contributed by atoms with E-state index in [0.717, 1.165) is 39.1 Å². The van der Waals surface area contributed by atoms with Gasteiger partial charge in [-0.15, -0.1) is 11.6 Å². The van der Waals surface area contributed by atoms with Gasteiger partial charge < -0.3 is 10.3 Å². The third-order valence-corrected chi connectivity index (χ3v) is 5.45. The molecule has 5 rings (SSSR count). The van der Waals surface area contributed by atoms with Gasteiger partial charge in [-0.1, -0.05) is 12.1 Å². The molecule has 0 aliphatic carbocycles. The minimum absolute atomic E-state index is 0.380. The second-order valence-corrected chi connectivity index (χ2v) is 7.36. The van der Waals surface area contributed by atoms with Gasteiger partial charge in [0.2, 0.25) is 0 Å². The number of nitrogens with two attached hydrogens (primary N) is 1. The first-order valence-electron chi connectivity index (χ1n) is 9.63. The molecular weight excluding hydrogens is 413 g/mol. The van der Waals surface area contributed by atoms with Crippen LogP contribution in [0.25, 0.3) is 39.2 Å². The number of nitrogens with zero attached hydrogens (tertiary/aromatic N) is 4. The fraction of sp³-hybridized carbons (Fsp3) is 0.0417. The summed E-state index contributed by atoms with van der Waals surface area (Å²) in [7, 11) is 0. The van der Waals surface area contributed by atoms with E-state index in [1.165, 1.54) is 12.3 Å². The molecule has 4 heterocycles. The van der Waals surface area contributed by atoms with Crippen molar-refractivity contribution in [3.05, 3.63) is 90.6 Å². The summed E-state index contributed by atoms with van der Waals surface area (Å²) in [5.41, 5.74) is 12.9. The van der Waals surface area contributed by atoms with E-state index < -0.39 is 0 Å². The first kappa shape index (κ1) is 19.2. The number of halogens is 2. The summed E-state index contributed by atoms with van der Waals surface area (Å²) in [5, 5.41) is 0. The molecule has 5 nitrogen and oxygen atoms in total. The maximum Gasteiger partial charge on any atom is 0.141 e. The first-order valence-corrected chi connectivity index (χ1v) is 10.2. The first-order chi connectivity index (χ1) is 15.1. The van der Waals surface area contributed by atoms with Crippen LogP contribution in [0, 0.1) is 5.82 Å². The number of fused-ring (bicyclic) bond motifs is 1. The molecule has 0 unspecified atom stereocenters. The fourth-order valence-corrected chi connectivity index (χ4v) is 3.79. The Morgan fingerprint density at radius 2 is 1.77 bits per heavy atom. The lowest BCUT2D eigenvalue weighted by Crippen LogP contribution is -2.00. The van der Waals surface area contributed by atoms with E-state index in [9.17, 15) is 4.39 Å². The van der Waals surface area contributed by atoms with Crippen molar-refractivity contribution in [2.24, 2.45) is 0 Å². The average Bonchev–Trinajstić information content (AvgIpc) is 3.18. The van der Waals surface area contributed by atoms with Gasteiger partial charge in [0.15, 0.2) is 0 Å². The zero-order valence-corrected chi connectivity index (χ0v) is 17.1. The minimum Gasteiger partial charge on any atom is -0.383 e. The van der Waals surface area contributed by atoms with Gasteiger partial charge in [-0.3, -0.25) is 9.97 Å². The Balaban J connectivity index is 1.77. The zero-order chi connectivity index (χ0) is 21.4. The highest BCUT2D eigenvalue weighted by molar-refractivity contribution is 6.17. The number of nitrogen functional groups attached to an aromatic ring is 1. The van der Waals surface area contributed by atoms with Gasteiger partial charge in [0.1, 0.15) is 11.6 Å². The van der Waals surface area contributed by atoms with Crippen molar-refractivity contribution in [2.75, 3.05) is 5.73 Å². The van der Waals surface area contributed by atoms with Gasteiger partial charge in [0.25, 0.3) is 0 Å². The Morgan fingerprint density at radius 1 is 0.935 bits per heavy atom. The number of hydrogen-bond donors (Lipinski definition) is 1. The van der Waals surface area contributed by atoms with Crippen LogP contribution in [0.15, 0.2) is 79.3 Å². The molecule has 0 spiro atoms. The van der Waals surface area contributed by atoms with Crippen LogP contribution in [-0.4, -0.2) is 19.5 Å². The monoisotopic (exact) mass is 429 g/mol. The van der Waals surface area contributed by atoms with Crippen molar-refractivity contribution < 1.29 is 4.39 Å². The smallest absolute Gasteiger partial charge is 0.141 e. The number of aromatic nitrogens is 4. The molecule has 31 heavy (non-hydrogen) atoms. The van der Waals surface area contributed by atoms with Crippen LogP contribution in [0.3, 0.4) is 0 Å². The van der Waals surface area contributed by atoms with E-state index in [2.05, 4.69) is 19.5 Å². The lowest BCUT2D eigenvalue weighted by molar-refractivity contribution is 0.622. The molecule has 0 fully saturated rings. The third kappa shape index (κ3) is 3.51. The molecule has 1 aromatic carbocycles. The third-order valence-electron chi connectivity index (χ3n) is 5.14. The van der Waals surface area contributed by atoms with Crippen molar-refractivity contribution in [3.8, 4) is 28.2 Å². The van der Waals surface area contributed by atoms with Gasteiger partial charge >= 0.3 is 0 Å². The SMILES string of the molecule is Nc1ncccc1-c1cc2ncc(-c3ccc(F)cn3)cc2n1-c1ccc(CCl)cc1. The molecule has 0 radical (unpaired) electrons. The molecule has 0 aliphatic rings. The minimum atomic E-state index is -0.380. The Labute approximate surface area is 183 Å². The van der Waals surface area contributed by atoms with Gasteiger partial charge in [0.05, 0.1) is 28.6 Å². The number of benzene rings is 1. The van der Waals surface area contributed by atoms with E-state index in [-0.39, 0.29) is 5.82 Å². The van der Waals surface area contributed by atoms with Crippen LogP contribution in [0.2, 0.25) is 0 Å². The summed E-state index contributed by atoms with van der Waals surface area (Å²) in [5.74, 6) is 0.496. The predicted molar refractivity (Wildman–Crippen MR) is 121 cm³/mol. The highest BCUT2D eigenvalue weighted by Gasteiger charge is 2.17. The molecule has 0 saturated heterocycles. The molecule has 0 amide bonds. The largest absolute Gasteiger partial charge is 0.383 e. The van der Waals surface area contributed by atoms with E-state index in [4.69, 9.17) is 17.3 Å². The number of anilines is 1. The second-order valence-electron chi connectivity index (χ2n) is 7.09. The van der Waals surface area contributed by atoms with Crippen LogP contribution in [-0.2, 0) is 5.88 Å². The summed E-state index contributed by atoms with van der Waals surface area (Å²) in [6, 6.07) is 18.8. The Bertz CT molecular complexity index is 1380. The van der Waals surface area contributed by atoms with Crippen LogP contribution in [0.1, 0.15) is 5.56 Å². The molecular formula is C24H17ClFN5. The van der Waals surface area contributed by atoms with Gasteiger partial charge in [-0.25, -0.2) is 9.37 Å². The van der Waals surface area contributed by atoms with Crippen molar-refractivity contribution in [1.82, 2.24) is 19.5 Å². The normalized spacial score (nSPS) is 11.2. The molecule has 0 atom stereocenters. The van der Waals surface area contributed by atoms with Gasteiger partial charge in [-0.2, -0.15) is 0 Å². The number of hydrogen-bond acceptors (Lipinski definition) is 4. The quantitative estimate of drug-likeness (QED) is 0.377. The van der Waals surface area contributed by atoms with Crippen LogP contribution in [0.4, 0.5) is 10.2 Å². The predicted octanol–water partition coefficient (Wildman–Crippen LogP) is 5.61. The summed E-state index contributed by atoms with van der Waals surface area (Å²) < 4.78 is 15.4. The lowest BCUT2D eigenvalue weighted by atomic mass is 10.1. The standard InChI is InChI=1S/C24H17ClFN5/c25-12-15-3-6-18(7-4-15)31-22(19-2-1-9-28-24(19)27)11-21-23(31)10-16(13-29-21)20-8-5-17(26)14-30-20/h1-11,13-14H,12H2,(H2,27,28). The van der Waals surface area contributed by atoms with E-state index in [1.54, 1.807) is 18.5 Å². The van der Waals surface area contributed by atoms with Crippen molar-refractivity contribution in [3.63, 3.8) is 0 Å². The van der Waals surface area contributed by atoms with Crippen LogP contribution >= 0.6 is 11.6 Å². The molecule has 2 N–H and O–H groups in total. The Hall–Kier alpha value is -3.77. The van der Waals surface area contributed by atoms with Crippen molar-refractivity contribution in [2.45, 2.75) is 5.88 Å². The Morgan fingerprint density at radius 3 is 2.48 bits per heavy atom. The molecule has 4 aromatic heterocycles. The number of pyridine rings is 3. The van der Waals surface area contributed by atoms with Crippen molar-refractivity contribution >= 4 is 28.5 Å². The van der Waals surface area contributed by atoms with Crippen LogP contribution < -0.4 is 5.73 Å². The second kappa shape index (κ2) is 7.81. The topological polar surface area (TPSA) is 69.6 Å². The number of rotatable bonds is 4. The maximum atomic E-state index is 13.3. The molecule has 0 bridgehead atoms. The maximum absolute atomic E-state index is 13.3. The molecule has 7 heteroatoms. The van der Waals surface area contributed by atoms with Crippen molar-refractivity contribution in [1.29, 1.82) is 0 Å². The lowest BCUT2D eigenvalue weighted by Gasteiger charge is -2.13.